The number of aliphatic hydroxyl groups is 1. The zero-order chi connectivity index (χ0) is 18.3. The molecule has 0 radical (unpaired) electrons. The van der Waals surface area contributed by atoms with E-state index in [0.717, 1.165) is 11.1 Å². The van der Waals surface area contributed by atoms with Crippen LogP contribution in [0.15, 0.2) is 12.1 Å². The summed E-state index contributed by atoms with van der Waals surface area (Å²) < 4.78 is 11.1. The Morgan fingerprint density at radius 3 is 3.00 bits per heavy atom. The molecule has 1 amide bonds. The van der Waals surface area contributed by atoms with Crippen LogP contribution in [0.3, 0.4) is 0 Å². The SMILES string of the molecule is CCOC(=O)N1CC[C@]23c4c5ccc(O)c4O[C@H]2C(=O)CC[C@@]3(O)[C@H]1C5. The summed E-state index contributed by atoms with van der Waals surface area (Å²) in [6.07, 6.45) is 0.0786. The normalized spacial score (nSPS) is 36.4. The first-order chi connectivity index (χ1) is 12.4. The van der Waals surface area contributed by atoms with Gasteiger partial charge in [0.2, 0.25) is 0 Å². The van der Waals surface area contributed by atoms with Crippen molar-refractivity contribution in [3.63, 3.8) is 0 Å². The fraction of sp³-hybridized carbons (Fsp3) is 0.579. The van der Waals surface area contributed by atoms with E-state index in [1.807, 2.05) is 6.07 Å². The Morgan fingerprint density at radius 2 is 2.23 bits per heavy atom. The molecule has 1 saturated heterocycles. The van der Waals surface area contributed by atoms with Gasteiger partial charge in [-0.05, 0) is 37.8 Å². The van der Waals surface area contributed by atoms with Crippen LogP contribution >= 0.6 is 0 Å². The monoisotopic (exact) mass is 359 g/mol. The summed E-state index contributed by atoms with van der Waals surface area (Å²) in [6.45, 7) is 2.40. The van der Waals surface area contributed by atoms with Gasteiger partial charge in [-0.15, -0.1) is 0 Å². The number of phenolic OH excluding ortho intramolecular Hbond substituents is 1. The average molecular weight is 359 g/mol. The van der Waals surface area contributed by atoms with Crippen LogP contribution < -0.4 is 4.74 Å². The van der Waals surface area contributed by atoms with Gasteiger partial charge in [-0.3, -0.25) is 4.79 Å². The lowest BCUT2D eigenvalue weighted by Crippen LogP contribution is -2.77. The van der Waals surface area contributed by atoms with Crippen molar-refractivity contribution < 1.29 is 29.3 Å². The number of carbonyl (C=O) groups excluding carboxylic acids is 2. The van der Waals surface area contributed by atoms with Crippen molar-refractivity contribution in [2.24, 2.45) is 0 Å². The van der Waals surface area contributed by atoms with E-state index in [4.69, 9.17) is 9.47 Å². The highest BCUT2D eigenvalue weighted by molar-refractivity contribution is 5.90. The maximum Gasteiger partial charge on any atom is 0.410 e. The Hall–Kier alpha value is -2.28. The van der Waals surface area contributed by atoms with Crippen LogP contribution in [0.5, 0.6) is 11.5 Å². The number of nitrogens with zero attached hydrogens (tertiary/aromatic N) is 1. The highest BCUT2D eigenvalue weighted by Crippen LogP contribution is 2.64. The molecule has 1 aromatic carbocycles. The molecule has 1 aromatic rings. The van der Waals surface area contributed by atoms with Gasteiger partial charge in [0.25, 0.3) is 0 Å². The number of hydrogen-bond acceptors (Lipinski definition) is 6. The highest BCUT2D eigenvalue weighted by Gasteiger charge is 2.73. The van der Waals surface area contributed by atoms with Gasteiger partial charge in [0.1, 0.15) is 0 Å². The molecule has 1 spiro atoms. The number of ether oxygens (including phenoxy) is 2. The molecule has 2 aliphatic carbocycles. The van der Waals surface area contributed by atoms with E-state index in [0.29, 0.717) is 25.1 Å². The van der Waals surface area contributed by atoms with Crippen molar-refractivity contribution in [1.82, 2.24) is 4.90 Å². The van der Waals surface area contributed by atoms with E-state index < -0.39 is 29.3 Å². The van der Waals surface area contributed by atoms with Gasteiger partial charge in [0.15, 0.2) is 23.4 Å². The molecule has 2 fully saturated rings. The minimum Gasteiger partial charge on any atom is -0.504 e. The first kappa shape index (κ1) is 15.9. The number of rotatable bonds is 1. The lowest BCUT2D eigenvalue weighted by molar-refractivity contribution is -0.183. The molecular weight excluding hydrogens is 338 g/mol. The van der Waals surface area contributed by atoms with Crippen molar-refractivity contribution in [3.8, 4) is 11.5 Å². The number of amides is 1. The largest absolute Gasteiger partial charge is 0.504 e. The Bertz CT molecular complexity index is 838. The van der Waals surface area contributed by atoms with Gasteiger partial charge in [-0.1, -0.05) is 6.07 Å². The Labute approximate surface area is 150 Å². The molecule has 7 heteroatoms. The summed E-state index contributed by atoms with van der Waals surface area (Å²) in [5, 5.41) is 22.1. The number of benzene rings is 1. The van der Waals surface area contributed by atoms with Crippen LogP contribution in [0.25, 0.3) is 0 Å². The lowest BCUT2D eigenvalue weighted by Gasteiger charge is -2.61. The number of hydrogen-bond donors (Lipinski definition) is 2. The number of piperidine rings is 1. The molecule has 2 bridgehead atoms. The quantitative estimate of drug-likeness (QED) is 0.784. The van der Waals surface area contributed by atoms with Crippen LogP contribution in [0, 0.1) is 0 Å². The van der Waals surface area contributed by atoms with E-state index in [2.05, 4.69) is 0 Å². The number of ketones is 1. The second kappa shape index (κ2) is 4.91. The third kappa shape index (κ3) is 1.58. The second-order valence-electron chi connectivity index (χ2n) is 7.67. The van der Waals surface area contributed by atoms with Crippen LogP contribution in [0.2, 0.25) is 0 Å². The predicted molar refractivity (Wildman–Crippen MR) is 89.2 cm³/mol. The third-order valence-corrected chi connectivity index (χ3v) is 6.76. The Balaban J connectivity index is 1.73. The summed E-state index contributed by atoms with van der Waals surface area (Å²) in [4.78, 5) is 26.8. The van der Waals surface area contributed by atoms with Crippen LogP contribution in [0.4, 0.5) is 4.79 Å². The average Bonchev–Trinajstić information content (AvgIpc) is 2.96. The van der Waals surface area contributed by atoms with Crippen LogP contribution in [0.1, 0.15) is 37.3 Å². The molecule has 4 aliphatic rings. The molecule has 0 unspecified atom stereocenters. The zero-order valence-electron chi connectivity index (χ0n) is 14.5. The summed E-state index contributed by atoms with van der Waals surface area (Å²) in [7, 11) is 0. The van der Waals surface area contributed by atoms with Gasteiger partial charge in [-0.25, -0.2) is 4.79 Å². The second-order valence-corrected chi connectivity index (χ2v) is 7.67. The molecule has 5 rings (SSSR count). The molecule has 7 nitrogen and oxygen atoms in total. The fourth-order valence-electron chi connectivity index (χ4n) is 5.75. The smallest absolute Gasteiger partial charge is 0.410 e. The van der Waals surface area contributed by atoms with Gasteiger partial charge >= 0.3 is 6.09 Å². The summed E-state index contributed by atoms with van der Waals surface area (Å²) in [6, 6.07) is 2.89. The molecule has 0 aromatic heterocycles. The fourth-order valence-corrected chi connectivity index (χ4v) is 5.75. The lowest BCUT2D eigenvalue weighted by atomic mass is 9.49. The van der Waals surface area contributed by atoms with Crippen molar-refractivity contribution >= 4 is 11.9 Å². The topological polar surface area (TPSA) is 96.3 Å². The van der Waals surface area contributed by atoms with E-state index in [-0.39, 0.29) is 31.0 Å². The van der Waals surface area contributed by atoms with Crippen molar-refractivity contribution in [2.45, 2.75) is 55.8 Å². The van der Waals surface area contributed by atoms with Gasteiger partial charge in [0, 0.05) is 18.5 Å². The summed E-state index contributed by atoms with van der Waals surface area (Å²) >= 11 is 0. The minimum atomic E-state index is -1.28. The molecule has 4 atom stereocenters. The molecule has 26 heavy (non-hydrogen) atoms. The van der Waals surface area contributed by atoms with Crippen LogP contribution in [-0.4, -0.2) is 57.9 Å². The molecular formula is C19H21NO6. The molecule has 2 heterocycles. The maximum absolute atomic E-state index is 12.7. The minimum absolute atomic E-state index is 0.00560. The standard InChI is InChI=1S/C19H21NO6/c1-2-25-17(23)20-8-7-18-14-10-3-4-11(21)15(14)26-16(18)12(22)5-6-19(18,24)13(20)9-10/h3-4,13,16,21,24H,2,5-9H2,1H3/t13-,16+,18+,19-/m1/s1. The van der Waals surface area contributed by atoms with E-state index >= 15 is 0 Å². The summed E-state index contributed by atoms with van der Waals surface area (Å²) in [5.41, 5.74) is -0.503. The van der Waals surface area contributed by atoms with E-state index in [1.54, 1.807) is 17.9 Å². The maximum atomic E-state index is 12.7. The summed E-state index contributed by atoms with van der Waals surface area (Å²) in [5.74, 6) is 0.264. The molecule has 138 valence electrons. The van der Waals surface area contributed by atoms with Crippen LogP contribution in [-0.2, 0) is 21.4 Å². The van der Waals surface area contributed by atoms with Crippen molar-refractivity contribution in [1.29, 1.82) is 0 Å². The first-order valence-corrected chi connectivity index (χ1v) is 9.14. The number of Topliss-reactive ketones (excluding diaryl/α,β-unsaturated/α-hetero) is 1. The van der Waals surface area contributed by atoms with Gasteiger partial charge in [0.05, 0.1) is 23.7 Å². The number of phenols is 1. The number of likely N-dealkylation sites (tertiary alicyclic amines) is 1. The van der Waals surface area contributed by atoms with Crippen molar-refractivity contribution in [3.05, 3.63) is 23.3 Å². The Kier molecular flexibility index (Phi) is 3.01. The Morgan fingerprint density at radius 1 is 1.42 bits per heavy atom. The molecule has 2 N–H and O–H groups in total. The predicted octanol–water partition coefficient (Wildman–Crippen LogP) is 1.27. The number of aromatic hydroxyl groups is 1. The van der Waals surface area contributed by atoms with Gasteiger partial charge < -0.3 is 24.6 Å². The highest BCUT2D eigenvalue weighted by atomic mass is 16.6. The third-order valence-electron chi connectivity index (χ3n) is 6.76. The van der Waals surface area contributed by atoms with Gasteiger partial charge in [-0.2, -0.15) is 0 Å². The zero-order valence-corrected chi connectivity index (χ0v) is 14.5. The molecule has 1 saturated carbocycles. The van der Waals surface area contributed by atoms with E-state index in [9.17, 15) is 19.8 Å². The number of carbonyl (C=O) groups is 2. The first-order valence-electron chi connectivity index (χ1n) is 9.14. The molecule has 2 aliphatic heterocycles. The van der Waals surface area contributed by atoms with Crippen molar-refractivity contribution in [2.75, 3.05) is 13.2 Å². The van der Waals surface area contributed by atoms with E-state index in [1.165, 1.54) is 0 Å².